The predicted octanol–water partition coefficient (Wildman–Crippen LogP) is 1.01. The van der Waals surface area contributed by atoms with Gasteiger partial charge in [0.05, 0.1) is 13.1 Å². The van der Waals surface area contributed by atoms with Crippen molar-refractivity contribution in [2.45, 2.75) is 39.8 Å². The first-order valence-electron chi connectivity index (χ1n) is 4.71. The van der Waals surface area contributed by atoms with Gasteiger partial charge in [-0.3, -0.25) is 0 Å². The minimum Gasteiger partial charge on any atom is -0.472 e. The quantitative estimate of drug-likeness (QED) is 0.688. The lowest BCUT2D eigenvalue weighted by molar-refractivity contribution is -0.698. The number of nitrogens with zero attached hydrogens (tertiary/aromatic N) is 2. The predicted molar refractivity (Wildman–Crippen MR) is 48.5 cm³/mol. The lowest BCUT2D eigenvalue weighted by Gasteiger charge is -1.93. The fourth-order valence-electron chi connectivity index (χ4n) is 1.26. The third-order valence-corrected chi connectivity index (χ3v) is 2.12. The first-order chi connectivity index (χ1) is 6.20. The molecule has 0 radical (unpaired) electrons. The molecule has 0 aliphatic heterocycles. The zero-order chi connectivity index (χ0) is 9.84. The summed E-state index contributed by atoms with van der Waals surface area (Å²) in [5.74, 6) is -0.0751. The molecule has 13 heavy (non-hydrogen) atoms. The average molecular weight is 185 g/mol. The SMILES string of the molecule is CCCCn1c[n+](CC)c(O)c1O. The fraction of sp³-hybridized carbons (Fsp3) is 0.667. The molecule has 0 spiro atoms. The number of hydrogen-bond donors (Lipinski definition) is 2. The van der Waals surface area contributed by atoms with Crippen LogP contribution in [0.2, 0.25) is 0 Å². The lowest BCUT2D eigenvalue weighted by Crippen LogP contribution is -2.29. The van der Waals surface area contributed by atoms with E-state index in [1.165, 1.54) is 0 Å². The van der Waals surface area contributed by atoms with Gasteiger partial charge in [0.2, 0.25) is 6.33 Å². The number of aromatic hydroxyl groups is 2. The van der Waals surface area contributed by atoms with Gasteiger partial charge in [-0.25, -0.2) is 0 Å². The number of aryl methyl sites for hydroxylation is 2. The van der Waals surface area contributed by atoms with Gasteiger partial charge in [0.15, 0.2) is 0 Å². The van der Waals surface area contributed by atoms with Crippen molar-refractivity contribution in [1.29, 1.82) is 0 Å². The second-order valence-corrected chi connectivity index (χ2v) is 3.10. The molecule has 0 aliphatic rings. The molecule has 1 aromatic heterocycles. The standard InChI is InChI=1S/C9H16N2O2/c1-3-5-6-11-7-10(4-2)8(12)9(11)13/h7H,3-6H2,1-2H3,(H-,12,13)/p+1. The topological polar surface area (TPSA) is 49.3 Å². The van der Waals surface area contributed by atoms with Crippen molar-refractivity contribution in [1.82, 2.24) is 4.57 Å². The molecule has 4 nitrogen and oxygen atoms in total. The van der Waals surface area contributed by atoms with Gasteiger partial charge in [-0.1, -0.05) is 13.3 Å². The Kier molecular flexibility index (Phi) is 3.17. The van der Waals surface area contributed by atoms with E-state index >= 15 is 0 Å². The zero-order valence-corrected chi connectivity index (χ0v) is 8.19. The maximum atomic E-state index is 9.47. The molecular formula is C9H17N2O2+. The van der Waals surface area contributed by atoms with Crippen LogP contribution < -0.4 is 4.57 Å². The summed E-state index contributed by atoms with van der Waals surface area (Å²) in [6, 6.07) is 0. The van der Waals surface area contributed by atoms with Crippen LogP contribution in [0, 0.1) is 0 Å². The Morgan fingerprint density at radius 2 is 2.08 bits per heavy atom. The van der Waals surface area contributed by atoms with E-state index in [1.807, 2.05) is 6.92 Å². The van der Waals surface area contributed by atoms with Gasteiger partial charge in [0.1, 0.15) is 0 Å². The van der Waals surface area contributed by atoms with Gasteiger partial charge in [0, 0.05) is 0 Å². The molecule has 74 valence electrons. The third-order valence-electron chi connectivity index (χ3n) is 2.12. The van der Waals surface area contributed by atoms with E-state index < -0.39 is 0 Å². The van der Waals surface area contributed by atoms with E-state index in [-0.39, 0.29) is 11.8 Å². The Morgan fingerprint density at radius 1 is 1.38 bits per heavy atom. The van der Waals surface area contributed by atoms with E-state index in [2.05, 4.69) is 6.92 Å². The third kappa shape index (κ3) is 1.94. The van der Waals surface area contributed by atoms with Crippen LogP contribution in [0.15, 0.2) is 6.33 Å². The Bertz CT molecular complexity index is 281. The number of hydrogen-bond acceptors (Lipinski definition) is 2. The summed E-state index contributed by atoms with van der Waals surface area (Å²) in [7, 11) is 0. The Hall–Kier alpha value is -1.19. The van der Waals surface area contributed by atoms with Crippen LogP contribution in [0.1, 0.15) is 26.7 Å². The highest BCUT2D eigenvalue weighted by Crippen LogP contribution is 2.20. The van der Waals surface area contributed by atoms with Crippen LogP contribution in [0.3, 0.4) is 0 Å². The minimum absolute atomic E-state index is 0.0321. The highest BCUT2D eigenvalue weighted by Gasteiger charge is 2.20. The number of unbranched alkanes of at least 4 members (excludes halogenated alkanes) is 1. The summed E-state index contributed by atoms with van der Waals surface area (Å²) in [4.78, 5) is 0. The van der Waals surface area contributed by atoms with Crippen LogP contribution >= 0.6 is 0 Å². The summed E-state index contributed by atoms with van der Waals surface area (Å²) in [5.41, 5.74) is 0. The maximum Gasteiger partial charge on any atom is 0.369 e. The first kappa shape index (κ1) is 9.89. The molecule has 0 fully saturated rings. The van der Waals surface area contributed by atoms with Crippen molar-refractivity contribution in [3.63, 3.8) is 0 Å². The summed E-state index contributed by atoms with van der Waals surface area (Å²) < 4.78 is 3.29. The second kappa shape index (κ2) is 4.16. The van der Waals surface area contributed by atoms with Gasteiger partial charge < -0.3 is 10.2 Å². The van der Waals surface area contributed by atoms with E-state index in [9.17, 15) is 10.2 Å². The molecule has 1 heterocycles. The van der Waals surface area contributed by atoms with Gasteiger partial charge in [-0.15, -0.1) is 0 Å². The van der Waals surface area contributed by atoms with E-state index in [0.717, 1.165) is 19.4 Å². The van der Waals surface area contributed by atoms with Crippen LogP contribution in [-0.4, -0.2) is 14.8 Å². The average Bonchev–Trinajstić information content (AvgIpc) is 2.41. The summed E-state index contributed by atoms with van der Waals surface area (Å²) in [5, 5.41) is 18.9. The number of imidazole rings is 1. The van der Waals surface area contributed by atoms with Gasteiger partial charge in [-0.05, 0) is 13.3 Å². The fourth-order valence-corrected chi connectivity index (χ4v) is 1.26. The normalized spacial score (nSPS) is 10.6. The molecule has 4 heteroatoms. The Balaban J connectivity index is 2.82. The van der Waals surface area contributed by atoms with E-state index in [4.69, 9.17) is 0 Å². The lowest BCUT2D eigenvalue weighted by atomic mass is 10.3. The molecule has 0 amide bonds. The van der Waals surface area contributed by atoms with Crippen LogP contribution in [0.25, 0.3) is 0 Å². The molecule has 0 saturated carbocycles. The molecular weight excluding hydrogens is 168 g/mol. The number of rotatable bonds is 4. The van der Waals surface area contributed by atoms with Gasteiger partial charge in [0.25, 0.3) is 0 Å². The molecule has 2 N–H and O–H groups in total. The molecule has 0 saturated heterocycles. The smallest absolute Gasteiger partial charge is 0.369 e. The van der Waals surface area contributed by atoms with Crippen molar-refractivity contribution >= 4 is 0 Å². The molecule has 1 aromatic rings. The van der Waals surface area contributed by atoms with Crippen molar-refractivity contribution in [3.05, 3.63) is 6.33 Å². The zero-order valence-electron chi connectivity index (χ0n) is 8.19. The van der Waals surface area contributed by atoms with E-state index in [0.29, 0.717) is 6.54 Å². The minimum atomic E-state index is -0.0430. The maximum absolute atomic E-state index is 9.47. The molecule has 0 aromatic carbocycles. The first-order valence-corrected chi connectivity index (χ1v) is 4.71. The van der Waals surface area contributed by atoms with Crippen LogP contribution in [0.5, 0.6) is 11.8 Å². The molecule has 0 bridgehead atoms. The summed E-state index contributed by atoms with van der Waals surface area (Å²) >= 11 is 0. The number of aromatic nitrogens is 2. The van der Waals surface area contributed by atoms with Crippen molar-refractivity contribution in [3.8, 4) is 11.8 Å². The largest absolute Gasteiger partial charge is 0.472 e. The highest BCUT2D eigenvalue weighted by molar-refractivity contribution is 5.17. The molecule has 0 aliphatic carbocycles. The van der Waals surface area contributed by atoms with Crippen LogP contribution in [-0.2, 0) is 13.1 Å². The van der Waals surface area contributed by atoms with Crippen LogP contribution in [0.4, 0.5) is 0 Å². The van der Waals surface area contributed by atoms with Gasteiger partial charge in [-0.2, -0.15) is 9.13 Å². The summed E-state index contributed by atoms with van der Waals surface area (Å²) in [6.45, 7) is 5.43. The molecule has 0 unspecified atom stereocenters. The second-order valence-electron chi connectivity index (χ2n) is 3.10. The Morgan fingerprint density at radius 3 is 2.54 bits per heavy atom. The Labute approximate surface area is 78.1 Å². The monoisotopic (exact) mass is 185 g/mol. The van der Waals surface area contributed by atoms with Crippen molar-refractivity contribution < 1.29 is 14.8 Å². The summed E-state index contributed by atoms with van der Waals surface area (Å²) in [6.07, 6.45) is 3.82. The van der Waals surface area contributed by atoms with Gasteiger partial charge >= 0.3 is 11.8 Å². The molecule has 1 rings (SSSR count). The van der Waals surface area contributed by atoms with Crippen molar-refractivity contribution in [2.75, 3.05) is 0 Å². The van der Waals surface area contributed by atoms with E-state index in [1.54, 1.807) is 15.5 Å². The molecule has 0 atom stereocenters. The van der Waals surface area contributed by atoms with Crippen molar-refractivity contribution in [2.24, 2.45) is 0 Å². The highest BCUT2D eigenvalue weighted by atomic mass is 16.3.